The first-order valence-electron chi connectivity index (χ1n) is 8.98. The molecule has 28 heavy (non-hydrogen) atoms. The molecule has 3 aromatic carbocycles. The second-order valence-electron chi connectivity index (χ2n) is 6.40. The number of ether oxygens (including phenoxy) is 3. The van der Waals surface area contributed by atoms with E-state index in [4.69, 9.17) is 14.2 Å². The predicted octanol–water partition coefficient (Wildman–Crippen LogP) is 4.04. The summed E-state index contributed by atoms with van der Waals surface area (Å²) in [6, 6.07) is 16.1. The molecule has 1 amide bonds. The van der Waals surface area contributed by atoms with Crippen LogP contribution in [-0.4, -0.2) is 32.2 Å². The highest BCUT2D eigenvalue weighted by Crippen LogP contribution is 2.31. The molecule has 1 N–H and O–H groups in total. The minimum absolute atomic E-state index is 0.295. The fraction of sp³-hybridized carbons (Fsp3) is 0.182. The highest BCUT2D eigenvalue weighted by atomic mass is 16.5. The van der Waals surface area contributed by atoms with E-state index < -0.39 is 5.97 Å². The van der Waals surface area contributed by atoms with Gasteiger partial charge < -0.3 is 19.5 Å². The van der Waals surface area contributed by atoms with E-state index >= 15 is 0 Å². The lowest BCUT2D eigenvalue weighted by atomic mass is 10.0. The van der Waals surface area contributed by atoms with Crippen molar-refractivity contribution >= 4 is 28.3 Å². The lowest BCUT2D eigenvalue weighted by Gasteiger charge is -2.13. The summed E-state index contributed by atoms with van der Waals surface area (Å²) in [6.07, 6.45) is 0.787. The third-order valence-corrected chi connectivity index (χ3v) is 4.55. The Labute approximate surface area is 162 Å². The van der Waals surface area contributed by atoms with Crippen LogP contribution in [0.25, 0.3) is 10.8 Å². The summed E-state index contributed by atoms with van der Waals surface area (Å²) in [5, 5.41) is 4.61. The van der Waals surface area contributed by atoms with Crippen molar-refractivity contribution in [2.75, 3.05) is 25.6 Å². The summed E-state index contributed by atoms with van der Waals surface area (Å²) >= 11 is 0. The number of fused-ring (bicyclic) bond motifs is 2. The molecule has 142 valence electrons. The van der Waals surface area contributed by atoms with Gasteiger partial charge in [0, 0.05) is 12.0 Å². The van der Waals surface area contributed by atoms with Crippen molar-refractivity contribution in [1.82, 2.24) is 0 Å². The highest BCUT2D eigenvalue weighted by molar-refractivity contribution is 6.10. The second kappa shape index (κ2) is 7.60. The average molecular weight is 377 g/mol. The fourth-order valence-corrected chi connectivity index (χ4v) is 3.12. The Morgan fingerprint density at radius 2 is 1.64 bits per heavy atom. The molecule has 4 rings (SSSR count). The maximum atomic E-state index is 12.8. The number of esters is 1. The average Bonchev–Trinajstić information content (AvgIpc) is 2.97. The topological polar surface area (TPSA) is 73.9 Å². The van der Waals surface area contributed by atoms with Gasteiger partial charge in [-0.1, -0.05) is 24.3 Å². The van der Waals surface area contributed by atoms with Gasteiger partial charge in [0.1, 0.15) is 0 Å². The summed E-state index contributed by atoms with van der Waals surface area (Å²) < 4.78 is 16.1. The molecule has 0 saturated heterocycles. The summed E-state index contributed by atoms with van der Waals surface area (Å²) in [6.45, 7) is 1.12. The van der Waals surface area contributed by atoms with Crippen LogP contribution in [0.2, 0.25) is 0 Å². The monoisotopic (exact) mass is 377 g/mol. The predicted molar refractivity (Wildman–Crippen MR) is 105 cm³/mol. The van der Waals surface area contributed by atoms with E-state index in [2.05, 4.69) is 5.32 Å². The Bertz CT molecular complexity index is 1060. The number of carbonyl (C=O) groups is 2. The molecule has 1 heterocycles. The molecular formula is C22H19NO5. The third kappa shape index (κ3) is 3.49. The van der Waals surface area contributed by atoms with E-state index in [-0.39, 0.29) is 5.91 Å². The van der Waals surface area contributed by atoms with Gasteiger partial charge in [0.15, 0.2) is 11.5 Å². The molecule has 0 radical (unpaired) electrons. The molecule has 0 aliphatic carbocycles. The first-order chi connectivity index (χ1) is 13.7. The third-order valence-electron chi connectivity index (χ3n) is 4.55. The molecule has 6 heteroatoms. The van der Waals surface area contributed by atoms with Crippen molar-refractivity contribution in [2.45, 2.75) is 6.42 Å². The van der Waals surface area contributed by atoms with Gasteiger partial charge in [0.05, 0.1) is 31.6 Å². The van der Waals surface area contributed by atoms with Crippen LogP contribution in [0.1, 0.15) is 27.1 Å². The first kappa shape index (κ1) is 17.9. The number of hydrogen-bond donors (Lipinski definition) is 1. The summed E-state index contributed by atoms with van der Waals surface area (Å²) in [4.78, 5) is 25.0. The van der Waals surface area contributed by atoms with Gasteiger partial charge in [-0.15, -0.1) is 0 Å². The van der Waals surface area contributed by atoms with E-state index in [9.17, 15) is 9.59 Å². The second-order valence-corrected chi connectivity index (χ2v) is 6.40. The number of nitrogens with one attached hydrogen (secondary N) is 1. The summed E-state index contributed by atoms with van der Waals surface area (Å²) in [5.41, 5.74) is 1.10. The molecule has 1 aliphatic heterocycles. The maximum absolute atomic E-state index is 12.8. The zero-order valence-corrected chi connectivity index (χ0v) is 15.4. The zero-order chi connectivity index (χ0) is 19.5. The van der Waals surface area contributed by atoms with Crippen molar-refractivity contribution < 1.29 is 23.8 Å². The molecule has 0 atom stereocenters. The van der Waals surface area contributed by atoms with Crippen molar-refractivity contribution in [2.24, 2.45) is 0 Å². The number of amides is 1. The minimum Gasteiger partial charge on any atom is -0.490 e. The largest absolute Gasteiger partial charge is 0.490 e. The van der Waals surface area contributed by atoms with Crippen LogP contribution in [0.4, 0.5) is 5.69 Å². The van der Waals surface area contributed by atoms with Crippen LogP contribution in [0.5, 0.6) is 11.5 Å². The lowest BCUT2D eigenvalue weighted by molar-refractivity contribution is 0.0602. The van der Waals surface area contributed by atoms with Crippen LogP contribution in [-0.2, 0) is 4.74 Å². The molecule has 3 aromatic rings. The van der Waals surface area contributed by atoms with Crippen molar-refractivity contribution in [1.29, 1.82) is 0 Å². The fourth-order valence-electron chi connectivity index (χ4n) is 3.12. The molecule has 0 unspecified atom stereocenters. The van der Waals surface area contributed by atoms with Gasteiger partial charge in [0.25, 0.3) is 5.91 Å². The van der Waals surface area contributed by atoms with Gasteiger partial charge in [-0.25, -0.2) is 4.79 Å². The standard InChI is InChI=1S/C22H19NO5/c1-26-22(25)17-11-14-5-2-3-6-15(14)12-18(17)23-21(24)16-7-8-19-20(13-16)28-10-4-9-27-19/h2-3,5-8,11-13H,4,9-10H2,1H3,(H,23,24). The van der Waals surface area contributed by atoms with Crippen LogP contribution in [0.3, 0.4) is 0 Å². The molecule has 6 nitrogen and oxygen atoms in total. The Hall–Kier alpha value is -3.54. The van der Waals surface area contributed by atoms with Gasteiger partial charge in [-0.2, -0.15) is 0 Å². The SMILES string of the molecule is COC(=O)c1cc2ccccc2cc1NC(=O)c1ccc2c(c1)OCCCO2. The summed E-state index contributed by atoms with van der Waals surface area (Å²) in [5.74, 6) is 0.294. The van der Waals surface area contributed by atoms with E-state index in [1.54, 1.807) is 30.3 Å². The number of methoxy groups -OCH3 is 1. The highest BCUT2D eigenvalue weighted by Gasteiger charge is 2.18. The van der Waals surface area contributed by atoms with Crippen LogP contribution in [0, 0.1) is 0 Å². The van der Waals surface area contributed by atoms with Gasteiger partial charge >= 0.3 is 5.97 Å². The number of hydrogen-bond acceptors (Lipinski definition) is 5. The van der Waals surface area contributed by atoms with E-state index in [1.807, 2.05) is 24.3 Å². The number of benzene rings is 3. The Morgan fingerprint density at radius 3 is 2.39 bits per heavy atom. The maximum Gasteiger partial charge on any atom is 0.339 e. The quantitative estimate of drug-likeness (QED) is 0.698. The molecule has 0 fully saturated rings. The van der Waals surface area contributed by atoms with Gasteiger partial charge in [0.2, 0.25) is 0 Å². The van der Waals surface area contributed by atoms with Crippen LogP contribution in [0.15, 0.2) is 54.6 Å². The molecule has 1 aliphatic rings. The number of anilines is 1. The Balaban J connectivity index is 1.68. The van der Waals surface area contributed by atoms with Crippen molar-refractivity contribution in [3.05, 3.63) is 65.7 Å². The molecular weight excluding hydrogens is 358 g/mol. The van der Waals surface area contributed by atoms with E-state index in [0.717, 1.165) is 17.2 Å². The van der Waals surface area contributed by atoms with Crippen LogP contribution < -0.4 is 14.8 Å². The molecule has 0 aromatic heterocycles. The summed E-state index contributed by atoms with van der Waals surface area (Å²) in [7, 11) is 1.31. The van der Waals surface area contributed by atoms with Gasteiger partial charge in [-0.3, -0.25) is 4.79 Å². The smallest absolute Gasteiger partial charge is 0.339 e. The number of carbonyl (C=O) groups excluding carboxylic acids is 2. The first-order valence-corrected chi connectivity index (χ1v) is 8.98. The Kier molecular flexibility index (Phi) is 4.85. The lowest BCUT2D eigenvalue weighted by Crippen LogP contribution is -2.15. The molecule has 0 saturated carbocycles. The molecule has 0 bridgehead atoms. The normalized spacial score (nSPS) is 12.9. The van der Waals surface area contributed by atoms with Crippen molar-refractivity contribution in [3.63, 3.8) is 0 Å². The van der Waals surface area contributed by atoms with Crippen molar-refractivity contribution in [3.8, 4) is 11.5 Å². The zero-order valence-electron chi connectivity index (χ0n) is 15.4. The van der Waals surface area contributed by atoms with E-state index in [1.165, 1.54) is 7.11 Å². The number of rotatable bonds is 3. The Morgan fingerprint density at radius 1 is 0.929 bits per heavy atom. The molecule has 0 spiro atoms. The van der Waals surface area contributed by atoms with Gasteiger partial charge in [-0.05, 0) is 41.1 Å². The minimum atomic E-state index is -0.514. The van der Waals surface area contributed by atoms with Crippen LogP contribution >= 0.6 is 0 Å². The van der Waals surface area contributed by atoms with E-state index in [0.29, 0.717) is 41.5 Å².